The zero-order chi connectivity index (χ0) is 19.5. The molecule has 7 nitrogen and oxygen atoms in total. The van der Waals surface area contributed by atoms with Crippen LogP contribution in [0.5, 0.6) is 0 Å². The number of nitrogens with zero attached hydrogens (tertiary/aromatic N) is 5. The lowest BCUT2D eigenvalue weighted by atomic mass is 10.2. The number of rotatable bonds is 6. The van der Waals surface area contributed by atoms with E-state index in [1.54, 1.807) is 17.7 Å². The van der Waals surface area contributed by atoms with Crippen molar-refractivity contribution < 1.29 is 4.79 Å². The Bertz CT molecular complexity index is 996. The number of fused-ring (bicyclic) bond motifs is 2. The summed E-state index contributed by atoms with van der Waals surface area (Å²) in [5, 5.41) is 13.6. The molecule has 0 saturated heterocycles. The van der Waals surface area contributed by atoms with Crippen molar-refractivity contribution >= 4 is 39.2 Å². The number of aromatic nitrogens is 5. The van der Waals surface area contributed by atoms with Gasteiger partial charge in [0.1, 0.15) is 27.8 Å². The van der Waals surface area contributed by atoms with Gasteiger partial charge >= 0.3 is 0 Å². The third kappa shape index (κ3) is 4.05. The van der Waals surface area contributed by atoms with Gasteiger partial charge in [0, 0.05) is 36.2 Å². The minimum Gasteiger partial charge on any atom is -0.355 e. The van der Waals surface area contributed by atoms with E-state index >= 15 is 0 Å². The Morgan fingerprint density at radius 2 is 2.14 bits per heavy atom. The van der Waals surface area contributed by atoms with Crippen molar-refractivity contribution in [3.8, 4) is 0 Å². The number of thiophene rings is 1. The molecule has 0 saturated carbocycles. The van der Waals surface area contributed by atoms with Gasteiger partial charge in [0.15, 0.2) is 0 Å². The molecule has 1 amide bonds. The van der Waals surface area contributed by atoms with Gasteiger partial charge in [0.25, 0.3) is 0 Å². The predicted octanol–water partition coefficient (Wildman–Crippen LogP) is 3.08. The van der Waals surface area contributed by atoms with Crippen molar-refractivity contribution in [1.29, 1.82) is 0 Å². The van der Waals surface area contributed by atoms with Crippen LogP contribution in [0.1, 0.15) is 41.4 Å². The van der Waals surface area contributed by atoms with Crippen molar-refractivity contribution in [2.45, 2.75) is 57.5 Å². The average molecular weight is 417 g/mol. The molecule has 9 heteroatoms. The van der Waals surface area contributed by atoms with Gasteiger partial charge in [-0.15, -0.1) is 21.5 Å². The van der Waals surface area contributed by atoms with Crippen LogP contribution in [-0.4, -0.2) is 42.9 Å². The molecule has 148 valence electrons. The van der Waals surface area contributed by atoms with Gasteiger partial charge in [-0.25, -0.2) is 9.97 Å². The van der Waals surface area contributed by atoms with Crippen LogP contribution < -0.4 is 5.32 Å². The molecule has 0 aromatic carbocycles. The monoisotopic (exact) mass is 416 g/mol. The first-order valence-corrected chi connectivity index (χ1v) is 11.4. The van der Waals surface area contributed by atoms with Crippen molar-refractivity contribution in [2.75, 3.05) is 12.3 Å². The molecule has 0 unspecified atom stereocenters. The molecular weight excluding hydrogens is 392 g/mol. The number of aryl methyl sites for hydroxylation is 3. The highest BCUT2D eigenvalue weighted by molar-refractivity contribution is 8.00. The first kappa shape index (κ1) is 19.3. The molecule has 0 spiro atoms. The lowest BCUT2D eigenvalue weighted by Crippen LogP contribution is -2.28. The Morgan fingerprint density at radius 3 is 3.04 bits per heavy atom. The second kappa shape index (κ2) is 8.57. The van der Waals surface area contributed by atoms with Crippen LogP contribution in [0.2, 0.25) is 0 Å². The van der Waals surface area contributed by atoms with Gasteiger partial charge in [-0.05, 0) is 32.3 Å². The summed E-state index contributed by atoms with van der Waals surface area (Å²) in [5.74, 6) is 2.42. The summed E-state index contributed by atoms with van der Waals surface area (Å²) in [5.41, 5.74) is 1.20. The number of carbonyl (C=O) groups is 1. The molecule has 1 N–H and O–H groups in total. The molecule has 3 aromatic rings. The summed E-state index contributed by atoms with van der Waals surface area (Å²) in [6.07, 6.45) is 6.90. The number of nitrogens with one attached hydrogen (secondary N) is 1. The van der Waals surface area contributed by atoms with Gasteiger partial charge in [0.05, 0.1) is 5.75 Å². The fourth-order valence-electron chi connectivity index (χ4n) is 3.49. The first-order valence-electron chi connectivity index (χ1n) is 9.64. The van der Waals surface area contributed by atoms with Crippen LogP contribution >= 0.6 is 23.1 Å². The lowest BCUT2D eigenvalue weighted by molar-refractivity contribution is -0.118. The van der Waals surface area contributed by atoms with E-state index in [9.17, 15) is 4.79 Å². The third-order valence-corrected chi connectivity index (χ3v) is 7.23. The van der Waals surface area contributed by atoms with Gasteiger partial charge in [-0.2, -0.15) is 0 Å². The number of thioether (sulfide) groups is 1. The summed E-state index contributed by atoms with van der Waals surface area (Å²) in [7, 11) is 0. The Hall–Kier alpha value is -2.00. The SMILES string of the molecule is Cc1sc2ncnc(SCC(=O)NCCc3nnc4n3CCCCC4)c2c1C. The normalized spacial score (nSPS) is 14.1. The van der Waals surface area contributed by atoms with Crippen LogP contribution in [0.4, 0.5) is 0 Å². The largest absolute Gasteiger partial charge is 0.355 e. The topological polar surface area (TPSA) is 85.6 Å². The van der Waals surface area contributed by atoms with Gasteiger partial charge in [-0.3, -0.25) is 4.79 Å². The van der Waals surface area contributed by atoms with Crippen molar-refractivity contribution in [1.82, 2.24) is 30.0 Å². The van der Waals surface area contributed by atoms with Crippen LogP contribution in [0.3, 0.4) is 0 Å². The molecular formula is C19H24N6OS2. The van der Waals surface area contributed by atoms with E-state index in [0.717, 1.165) is 39.9 Å². The predicted molar refractivity (Wildman–Crippen MR) is 112 cm³/mol. The Balaban J connectivity index is 1.31. The van der Waals surface area contributed by atoms with Gasteiger partial charge in [0.2, 0.25) is 5.91 Å². The zero-order valence-electron chi connectivity index (χ0n) is 16.2. The van der Waals surface area contributed by atoms with E-state index in [0.29, 0.717) is 18.7 Å². The van der Waals surface area contributed by atoms with E-state index in [1.807, 2.05) is 0 Å². The summed E-state index contributed by atoms with van der Waals surface area (Å²) >= 11 is 3.14. The third-order valence-electron chi connectivity index (χ3n) is 5.13. The van der Waals surface area contributed by atoms with E-state index in [1.165, 1.54) is 41.5 Å². The average Bonchev–Trinajstić information content (AvgIpc) is 3.10. The van der Waals surface area contributed by atoms with Crippen LogP contribution in [0, 0.1) is 13.8 Å². The van der Waals surface area contributed by atoms with Crippen LogP contribution in [0.25, 0.3) is 10.2 Å². The standard InChI is InChI=1S/C19H24N6OS2/c1-12-13(2)28-19-17(12)18(21-11-22-19)27-10-16(26)20-8-7-15-24-23-14-6-4-3-5-9-25(14)15/h11H,3-10H2,1-2H3,(H,20,26). The molecule has 0 fully saturated rings. The molecule has 0 aliphatic carbocycles. The second-order valence-corrected chi connectivity index (χ2v) is 9.19. The fraction of sp³-hybridized carbons (Fsp3) is 0.526. The molecule has 0 radical (unpaired) electrons. The van der Waals surface area contributed by atoms with E-state index < -0.39 is 0 Å². The maximum Gasteiger partial charge on any atom is 0.230 e. The number of carbonyl (C=O) groups excluding carboxylic acids is 1. The fourth-order valence-corrected chi connectivity index (χ4v) is 5.44. The molecule has 1 aliphatic heterocycles. The van der Waals surface area contributed by atoms with Gasteiger partial charge < -0.3 is 9.88 Å². The number of amides is 1. The smallest absolute Gasteiger partial charge is 0.230 e. The highest BCUT2D eigenvalue weighted by Crippen LogP contribution is 2.34. The zero-order valence-corrected chi connectivity index (χ0v) is 17.8. The summed E-state index contributed by atoms with van der Waals surface area (Å²) in [6.45, 7) is 5.75. The Morgan fingerprint density at radius 1 is 1.25 bits per heavy atom. The Labute approximate surface area is 172 Å². The quantitative estimate of drug-likeness (QED) is 0.491. The Kier molecular flexibility index (Phi) is 5.91. The first-order chi connectivity index (χ1) is 13.6. The van der Waals surface area contributed by atoms with Crippen molar-refractivity contribution in [3.05, 3.63) is 28.4 Å². The lowest BCUT2D eigenvalue weighted by Gasteiger charge is -2.08. The van der Waals surface area contributed by atoms with E-state index in [-0.39, 0.29) is 5.91 Å². The highest BCUT2D eigenvalue weighted by atomic mass is 32.2. The molecule has 4 heterocycles. The number of hydrogen-bond donors (Lipinski definition) is 1. The van der Waals surface area contributed by atoms with Crippen LogP contribution in [0.15, 0.2) is 11.4 Å². The number of hydrogen-bond acceptors (Lipinski definition) is 7. The molecule has 0 bridgehead atoms. The second-order valence-electron chi connectivity index (χ2n) is 7.03. The van der Waals surface area contributed by atoms with E-state index in [2.05, 4.69) is 43.9 Å². The summed E-state index contributed by atoms with van der Waals surface area (Å²) in [6, 6.07) is 0. The minimum absolute atomic E-state index is 0.0111. The van der Waals surface area contributed by atoms with Crippen molar-refractivity contribution in [2.24, 2.45) is 0 Å². The minimum atomic E-state index is 0.0111. The molecule has 3 aromatic heterocycles. The van der Waals surface area contributed by atoms with Crippen LogP contribution in [-0.2, 0) is 24.2 Å². The molecule has 0 atom stereocenters. The maximum absolute atomic E-state index is 12.3. The van der Waals surface area contributed by atoms with Crippen molar-refractivity contribution in [3.63, 3.8) is 0 Å². The molecule has 28 heavy (non-hydrogen) atoms. The highest BCUT2D eigenvalue weighted by Gasteiger charge is 2.16. The van der Waals surface area contributed by atoms with E-state index in [4.69, 9.17) is 0 Å². The molecule has 4 rings (SSSR count). The maximum atomic E-state index is 12.3. The summed E-state index contributed by atoms with van der Waals surface area (Å²) < 4.78 is 2.23. The van der Waals surface area contributed by atoms with Gasteiger partial charge in [-0.1, -0.05) is 18.2 Å². The summed E-state index contributed by atoms with van der Waals surface area (Å²) in [4.78, 5) is 23.3. The molecule has 1 aliphatic rings.